The third-order valence-corrected chi connectivity index (χ3v) is 4.91. The predicted molar refractivity (Wildman–Crippen MR) is 68.5 cm³/mol. The second kappa shape index (κ2) is 5.74. The van der Waals surface area contributed by atoms with Crippen molar-refractivity contribution in [1.82, 2.24) is 0 Å². The molecule has 1 heteroatoms. The Morgan fingerprint density at radius 3 is 2.29 bits per heavy atom. The fourth-order valence-electron chi connectivity index (χ4n) is 2.13. The molecule has 1 aliphatic rings. The van der Waals surface area contributed by atoms with Gasteiger partial charge in [-0.05, 0) is 25.2 Å². The van der Waals surface area contributed by atoms with Crippen LogP contribution >= 0.6 is 0 Å². The quantitative estimate of drug-likeness (QED) is 0.459. The molecule has 1 rings (SSSR count). The van der Waals surface area contributed by atoms with Crippen molar-refractivity contribution in [2.24, 2.45) is 5.92 Å². The summed E-state index contributed by atoms with van der Waals surface area (Å²) in [6.45, 7) is 7.38. The van der Waals surface area contributed by atoms with E-state index in [0.717, 1.165) is 5.92 Å². The molecular formula is C13H26Si. The molecule has 0 unspecified atom stereocenters. The zero-order valence-corrected chi connectivity index (χ0v) is 11.2. The average molecular weight is 210 g/mol. The van der Waals surface area contributed by atoms with Crippen LogP contribution in [0.25, 0.3) is 0 Å². The maximum Gasteiger partial charge on any atom is 0.0445 e. The van der Waals surface area contributed by atoms with Gasteiger partial charge < -0.3 is 0 Å². The van der Waals surface area contributed by atoms with E-state index in [2.05, 4.69) is 31.8 Å². The van der Waals surface area contributed by atoms with E-state index in [0.29, 0.717) is 0 Å². The lowest BCUT2D eigenvalue weighted by Gasteiger charge is -2.18. The summed E-state index contributed by atoms with van der Waals surface area (Å²) >= 11 is 0. The zero-order chi connectivity index (χ0) is 10.4. The first-order valence-electron chi connectivity index (χ1n) is 6.24. The van der Waals surface area contributed by atoms with Gasteiger partial charge >= 0.3 is 0 Å². The lowest BCUT2D eigenvalue weighted by Crippen LogP contribution is -2.18. The molecular weight excluding hydrogens is 184 g/mol. The van der Waals surface area contributed by atoms with Crippen LogP contribution < -0.4 is 0 Å². The number of hydrogen-bond acceptors (Lipinski definition) is 0. The Labute approximate surface area is 90.8 Å². The molecule has 1 aliphatic carbocycles. The highest BCUT2D eigenvalue weighted by atomic mass is 28.3. The molecule has 0 aromatic heterocycles. The van der Waals surface area contributed by atoms with Crippen LogP contribution in [0.4, 0.5) is 0 Å². The molecule has 0 bridgehead atoms. The Balaban J connectivity index is 2.13. The molecule has 14 heavy (non-hydrogen) atoms. The Morgan fingerprint density at radius 2 is 1.71 bits per heavy atom. The third-order valence-electron chi connectivity index (χ3n) is 3.12. The van der Waals surface area contributed by atoms with E-state index >= 15 is 0 Å². The van der Waals surface area contributed by atoms with Gasteiger partial charge in [0.25, 0.3) is 0 Å². The summed E-state index contributed by atoms with van der Waals surface area (Å²) in [5, 5.41) is 0. The zero-order valence-electron chi connectivity index (χ0n) is 10.2. The molecule has 0 aromatic carbocycles. The van der Waals surface area contributed by atoms with Gasteiger partial charge in [-0.1, -0.05) is 57.1 Å². The summed E-state index contributed by atoms with van der Waals surface area (Å²) in [5.41, 5.74) is 0. The molecule has 0 amide bonds. The number of hydrogen-bond donors (Lipinski definition) is 0. The normalized spacial score (nSPS) is 20.5. The van der Waals surface area contributed by atoms with E-state index < -0.39 is 8.07 Å². The molecule has 0 aromatic rings. The first-order chi connectivity index (χ1) is 6.58. The van der Waals surface area contributed by atoms with E-state index in [-0.39, 0.29) is 0 Å². The highest BCUT2D eigenvalue weighted by molar-refractivity contribution is 6.76. The van der Waals surface area contributed by atoms with E-state index in [1.54, 1.807) is 0 Å². The number of rotatable bonds is 4. The van der Waals surface area contributed by atoms with Gasteiger partial charge in [0.2, 0.25) is 0 Å². The van der Waals surface area contributed by atoms with Crippen molar-refractivity contribution in [3.63, 3.8) is 0 Å². The molecule has 0 aliphatic heterocycles. The molecule has 0 radical (unpaired) electrons. The van der Waals surface area contributed by atoms with Crippen LogP contribution in [0.1, 0.15) is 38.5 Å². The van der Waals surface area contributed by atoms with Crippen molar-refractivity contribution in [3.8, 4) is 0 Å². The molecule has 0 spiro atoms. The van der Waals surface area contributed by atoms with Gasteiger partial charge in [-0.3, -0.25) is 0 Å². The highest BCUT2D eigenvalue weighted by Crippen LogP contribution is 2.25. The monoisotopic (exact) mass is 210 g/mol. The summed E-state index contributed by atoms with van der Waals surface area (Å²) in [5.74, 6) is 0.922. The van der Waals surface area contributed by atoms with Crippen molar-refractivity contribution < 1.29 is 0 Å². The Bertz CT molecular complexity index is 170. The first kappa shape index (κ1) is 12.0. The largest absolute Gasteiger partial charge is 0.0885 e. The van der Waals surface area contributed by atoms with Gasteiger partial charge in [0, 0.05) is 8.07 Å². The Hall–Kier alpha value is -0.0431. The van der Waals surface area contributed by atoms with Crippen LogP contribution in [-0.2, 0) is 0 Å². The fourth-order valence-corrected chi connectivity index (χ4v) is 3.16. The van der Waals surface area contributed by atoms with Gasteiger partial charge in [0.05, 0.1) is 0 Å². The Kier molecular flexibility index (Phi) is 4.94. The van der Waals surface area contributed by atoms with Crippen molar-refractivity contribution in [3.05, 3.63) is 12.2 Å². The summed E-state index contributed by atoms with van der Waals surface area (Å²) < 4.78 is 0. The molecule has 0 atom stereocenters. The Morgan fingerprint density at radius 1 is 1.07 bits per heavy atom. The number of allylic oxidation sites excluding steroid dienone is 2. The van der Waals surface area contributed by atoms with Gasteiger partial charge in [-0.15, -0.1) is 0 Å². The fraction of sp³-hybridized carbons (Fsp3) is 0.846. The standard InChI is InChI=1S/C13H26Si/c1-14(2,3)12-8-7-11-13-9-5-4-6-10-13/h7,11,13H,4-6,8-10,12H2,1-3H3/b11-7+. The maximum atomic E-state index is 2.50. The summed E-state index contributed by atoms with van der Waals surface area (Å²) in [6, 6.07) is 1.45. The van der Waals surface area contributed by atoms with Gasteiger partial charge in [-0.25, -0.2) is 0 Å². The van der Waals surface area contributed by atoms with Crippen molar-refractivity contribution in [2.45, 2.75) is 64.2 Å². The minimum Gasteiger partial charge on any atom is -0.0885 e. The molecule has 1 fully saturated rings. The smallest absolute Gasteiger partial charge is 0.0445 e. The van der Waals surface area contributed by atoms with Crippen LogP contribution in [0.2, 0.25) is 25.7 Å². The highest BCUT2D eigenvalue weighted by Gasteiger charge is 2.12. The van der Waals surface area contributed by atoms with E-state index in [4.69, 9.17) is 0 Å². The molecule has 0 N–H and O–H groups in total. The molecule has 0 saturated heterocycles. The summed E-state index contributed by atoms with van der Waals surface area (Å²) in [4.78, 5) is 0. The van der Waals surface area contributed by atoms with Crippen LogP contribution in [-0.4, -0.2) is 8.07 Å². The van der Waals surface area contributed by atoms with Crippen LogP contribution in [0, 0.1) is 5.92 Å². The lowest BCUT2D eigenvalue weighted by molar-refractivity contribution is 0.419. The van der Waals surface area contributed by atoms with Gasteiger partial charge in [0.15, 0.2) is 0 Å². The SMILES string of the molecule is C[Si](C)(C)CC/C=C/C1CCCCC1. The van der Waals surface area contributed by atoms with E-state index in [9.17, 15) is 0 Å². The molecule has 82 valence electrons. The van der Waals surface area contributed by atoms with E-state index in [1.807, 2.05) is 0 Å². The summed E-state index contributed by atoms with van der Waals surface area (Å²) in [6.07, 6.45) is 13.6. The molecule has 1 saturated carbocycles. The van der Waals surface area contributed by atoms with Crippen molar-refractivity contribution in [1.29, 1.82) is 0 Å². The minimum atomic E-state index is -0.795. The second-order valence-electron chi connectivity index (χ2n) is 5.93. The van der Waals surface area contributed by atoms with Crippen LogP contribution in [0.5, 0.6) is 0 Å². The average Bonchev–Trinajstić information content (AvgIpc) is 2.13. The molecule has 0 heterocycles. The lowest BCUT2D eigenvalue weighted by atomic mass is 9.89. The maximum absolute atomic E-state index is 2.50. The van der Waals surface area contributed by atoms with E-state index in [1.165, 1.54) is 44.6 Å². The minimum absolute atomic E-state index is 0.795. The van der Waals surface area contributed by atoms with Crippen LogP contribution in [0.3, 0.4) is 0 Å². The molecule has 0 nitrogen and oxygen atoms in total. The van der Waals surface area contributed by atoms with Crippen LogP contribution in [0.15, 0.2) is 12.2 Å². The second-order valence-corrected chi connectivity index (χ2v) is 11.5. The van der Waals surface area contributed by atoms with Crippen molar-refractivity contribution in [2.75, 3.05) is 0 Å². The predicted octanol–water partition coefficient (Wildman–Crippen LogP) is 4.85. The third kappa shape index (κ3) is 5.64. The van der Waals surface area contributed by atoms with Gasteiger partial charge in [0.1, 0.15) is 0 Å². The summed E-state index contributed by atoms with van der Waals surface area (Å²) in [7, 11) is -0.795. The first-order valence-corrected chi connectivity index (χ1v) is 9.95. The topological polar surface area (TPSA) is 0 Å². The van der Waals surface area contributed by atoms with Gasteiger partial charge in [-0.2, -0.15) is 0 Å². The van der Waals surface area contributed by atoms with Crippen molar-refractivity contribution >= 4 is 8.07 Å².